The number of hydrogen-bond acceptors (Lipinski definition) is 2. The largest absolute Gasteiger partial charge is 0.465 e. The maximum Gasteiger partial charge on any atom is 0.408 e. The number of amides is 2. The molecular weight excluding hydrogens is 184 g/mol. The number of hydrogen-bond donors (Lipinski definition) is 1. The zero-order chi connectivity index (χ0) is 11.1. The highest BCUT2D eigenvalue weighted by molar-refractivity contribution is 5.87. The lowest BCUT2D eigenvalue weighted by Crippen LogP contribution is -2.68. The van der Waals surface area contributed by atoms with Gasteiger partial charge in [-0.25, -0.2) is 4.79 Å². The second-order valence-corrected chi connectivity index (χ2v) is 4.53. The van der Waals surface area contributed by atoms with E-state index >= 15 is 0 Å². The van der Waals surface area contributed by atoms with Gasteiger partial charge in [0.15, 0.2) is 0 Å². The van der Waals surface area contributed by atoms with Crippen LogP contribution < -0.4 is 0 Å². The molecule has 5 heteroatoms. The van der Waals surface area contributed by atoms with E-state index in [1.807, 2.05) is 13.8 Å². The Morgan fingerprint density at radius 1 is 1.43 bits per heavy atom. The molecule has 0 aromatic rings. The van der Waals surface area contributed by atoms with Crippen molar-refractivity contribution < 1.29 is 14.7 Å². The van der Waals surface area contributed by atoms with Crippen molar-refractivity contribution in [2.75, 3.05) is 20.6 Å². The van der Waals surface area contributed by atoms with Crippen molar-refractivity contribution in [1.82, 2.24) is 9.80 Å². The van der Waals surface area contributed by atoms with E-state index in [0.29, 0.717) is 6.54 Å². The van der Waals surface area contributed by atoms with E-state index < -0.39 is 12.1 Å². The van der Waals surface area contributed by atoms with Gasteiger partial charge in [-0.05, 0) is 0 Å². The topological polar surface area (TPSA) is 60.9 Å². The average molecular weight is 200 g/mol. The molecule has 80 valence electrons. The molecule has 0 aromatic heterocycles. The van der Waals surface area contributed by atoms with Crippen molar-refractivity contribution in [3.8, 4) is 0 Å². The van der Waals surface area contributed by atoms with E-state index in [1.165, 1.54) is 9.80 Å². The van der Waals surface area contributed by atoms with Crippen molar-refractivity contribution in [3.63, 3.8) is 0 Å². The normalized spacial score (nSPS) is 24.0. The molecule has 0 aliphatic carbocycles. The van der Waals surface area contributed by atoms with Crippen LogP contribution >= 0.6 is 0 Å². The minimum Gasteiger partial charge on any atom is -0.465 e. The summed E-state index contributed by atoms with van der Waals surface area (Å²) in [5, 5.41) is 8.82. The molecule has 0 unspecified atom stereocenters. The standard InChI is InChI=1S/C9H16N2O3/c1-9(2)5-11(8(13)14)6(9)7(12)10(3)4/h6H,5H2,1-4H3,(H,13,14)/t6-/m1/s1. The van der Waals surface area contributed by atoms with Gasteiger partial charge < -0.3 is 10.0 Å². The SMILES string of the molecule is CN(C)C(=O)[C@H]1N(C(=O)O)CC1(C)C. The van der Waals surface area contributed by atoms with E-state index in [4.69, 9.17) is 5.11 Å². The second-order valence-electron chi connectivity index (χ2n) is 4.53. The summed E-state index contributed by atoms with van der Waals surface area (Å²) in [5.41, 5.74) is -0.250. The minimum atomic E-state index is -1.02. The zero-order valence-corrected chi connectivity index (χ0v) is 8.94. The van der Waals surface area contributed by atoms with Crippen molar-refractivity contribution in [3.05, 3.63) is 0 Å². The first-order valence-electron chi connectivity index (χ1n) is 4.48. The Balaban J connectivity index is 2.82. The molecule has 2 amide bonds. The van der Waals surface area contributed by atoms with Crippen LogP contribution in [0.3, 0.4) is 0 Å². The van der Waals surface area contributed by atoms with Crippen LogP contribution in [0.4, 0.5) is 4.79 Å². The molecule has 5 nitrogen and oxygen atoms in total. The van der Waals surface area contributed by atoms with Gasteiger partial charge in [0.05, 0.1) is 0 Å². The first kappa shape index (κ1) is 10.8. The van der Waals surface area contributed by atoms with Crippen LogP contribution in [0.2, 0.25) is 0 Å². The van der Waals surface area contributed by atoms with Gasteiger partial charge in [0.1, 0.15) is 6.04 Å². The highest BCUT2D eigenvalue weighted by Crippen LogP contribution is 2.37. The van der Waals surface area contributed by atoms with Gasteiger partial charge in [-0.2, -0.15) is 0 Å². The van der Waals surface area contributed by atoms with Crippen LogP contribution in [0.1, 0.15) is 13.8 Å². The minimum absolute atomic E-state index is 0.149. The number of carbonyl (C=O) groups is 2. The third-order valence-corrected chi connectivity index (χ3v) is 2.55. The number of likely N-dealkylation sites (tertiary alicyclic amines) is 1. The third-order valence-electron chi connectivity index (χ3n) is 2.55. The Kier molecular flexibility index (Phi) is 2.43. The van der Waals surface area contributed by atoms with Gasteiger partial charge in [0.25, 0.3) is 0 Å². The fourth-order valence-corrected chi connectivity index (χ4v) is 1.82. The summed E-state index contributed by atoms with van der Waals surface area (Å²) >= 11 is 0. The molecule has 1 aliphatic rings. The van der Waals surface area contributed by atoms with E-state index in [9.17, 15) is 9.59 Å². The summed E-state index contributed by atoms with van der Waals surface area (Å²) in [6.07, 6.45) is -1.02. The fraction of sp³-hybridized carbons (Fsp3) is 0.778. The summed E-state index contributed by atoms with van der Waals surface area (Å²) in [5.74, 6) is -0.149. The van der Waals surface area contributed by atoms with Crippen LogP contribution in [0, 0.1) is 5.41 Å². The fourth-order valence-electron chi connectivity index (χ4n) is 1.82. The van der Waals surface area contributed by atoms with Crippen LogP contribution in [-0.2, 0) is 4.79 Å². The molecule has 0 radical (unpaired) electrons. The monoisotopic (exact) mass is 200 g/mol. The van der Waals surface area contributed by atoms with Gasteiger partial charge in [-0.15, -0.1) is 0 Å². The molecule has 1 saturated heterocycles. The Bertz CT molecular complexity index is 273. The maximum absolute atomic E-state index is 11.7. The molecule has 14 heavy (non-hydrogen) atoms. The van der Waals surface area contributed by atoms with E-state index in [1.54, 1.807) is 14.1 Å². The molecule has 0 aromatic carbocycles. The molecule has 1 fully saturated rings. The quantitative estimate of drug-likeness (QED) is 0.669. The van der Waals surface area contributed by atoms with Crippen molar-refractivity contribution in [1.29, 1.82) is 0 Å². The Hall–Kier alpha value is -1.26. The van der Waals surface area contributed by atoms with E-state index in [0.717, 1.165) is 0 Å². The van der Waals surface area contributed by atoms with E-state index in [2.05, 4.69) is 0 Å². The predicted molar refractivity (Wildman–Crippen MR) is 51.0 cm³/mol. The zero-order valence-electron chi connectivity index (χ0n) is 8.94. The smallest absolute Gasteiger partial charge is 0.408 e. The third kappa shape index (κ3) is 1.54. The van der Waals surface area contributed by atoms with Crippen LogP contribution in [0.15, 0.2) is 0 Å². The number of likely N-dealkylation sites (N-methyl/N-ethyl adjacent to an activating group) is 1. The van der Waals surface area contributed by atoms with Gasteiger partial charge in [0.2, 0.25) is 5.91 Å². The Labute approximate surface area is 83.3 Å². The van der Waals surface area contributed by atoms with Crippen molar-refractivity contribution >= 4 is 12.0 Å². The first-order valence-corrected chi connectivity index (χ1v) is 4.48. The molecule has 0 bridgehead atoms. The number of nitrogens with zero attached hydrogens (tertiary/aromatic N) is 2. The number of carbonyl (C=O) groups excluding carboxylic acids is 1. The summed E-state index contributed by atoms with van der Waals surface area (Å²) in [4.78, 5) is 25.1. The summed E-state index contributed by atoms with van der Waals surface area (Å²) in [6.45, 7) is 4.23. The second kappa shape index (κ2) is 3.15. The molecule has 1 N–H and O–H groups in total. The Morgan fingerprint density at radius 3 is 2.21 bits per heavy atom. The van der Waals surface area contributed by atoms with Crippen molar-refractivity contribution in [2.45, 2.75) is 19.9 Å². The molecule has 0 saturated carbocycles. The van der Waals surface area contributed by atoms with Crippen LogP contribution in [0.25, 0.3) is 0 Å². The predicted octanol–water partition coefficient (Wildman–Crippen LogP) is 0.463. The van der Waals surface area contributed by atoms with Crippen LogP contribution in [0.5, 0.6) is 0 Å². The molecule has 0 spiro atoms. The van der Waals surface area contributed by atoms with Gasteiger partial charge in [-0.1, -0.05) is 13.8 Å². The van der Waals surface area contributed by atoms with Gasteiger partial charge in [-0.3, -0.25) is 9.69 Å². The maximum atomic E-state index is 11.7. The van der Waals surface area contributed by atoms with Gasteiger partial charge >= 0.3 is 6.09 Å². The number of rotatable bonds is 1. The molecule has 1 aliphatic heterocycles. The highest BCUT2D eigenvalue weighted by atomic mass is 16.4. The number of carboxylic acid groups (broad SMARTS) is 1. The molecular formula is C9H16N2O3. The van der Waals surface area contributed by atoms with E-state index in [-0.39, 0.29) is 11.3 Å². The lowest BCUT2D eigenvalue weighted by Gasteiger charge is -2.52. The van der Waals surface area contributed by atoms with Gasteiger partial charge in [0, 0.05) is 26.1 Å². The summed E-state index contributed by atoms with van der Waals surface area (Å²) in [6, 6.07) is -0.532. The first-order chi connectivity index (χ1) is 6.27. The molecule has 1 atom stereocenters. The average Bonchev–Trinajstić information content (AvgIpc) is 2.00. The summed E-state index contributed by atoms with van der Waals surface area (Å²) in [7, 11) is 3.27. The van der Waals surface area contributed by atoms with Crippen LogP contribution in [-0.4, -0.2) is 53.6 Å². The van der Waals surface area contributed by atoms with Crippen molar-refractivity contribution in [2.24, 2.45) is 5.41 Å². The lowest BCUT2D eigenvalue weighted by atomic mass is 9.74. The molecule has 1 heterocycles. The lowest BCUT2D eigenvalue weighted by molar-refractivity contribution is -0.148. The Morgan fingerprint density at radius 2 is 1.93 bits per heavy atom. The highest BCUT2D eigenvalue weighted by Gasteiger charge is 2.52. The molecule has 1 rings (SSSR count). The summed E-state index contributed by atoms with van der Waals surface area (Å²) < 4.78 is 0.